The number of benzene rings is 4. The lowest BCUT2D eigenvalue weighted by molar-refractivity contribution is 0.483. The molecule has 34 heavy (non-hydrogen) atoms. The summed E-state index contributed by atoms with van der Waals surface area (Å²) in [6, 6.07) is 36.9. The van der Waals surface area contributed by atoms with Crippen LogP contribution in [0.3, 0.4) is 0 Å². The van der Waals surface area contributed by atoms with Crippen molar-refractivity contribution in [3.63, 3.8) is 0 Å². The standard InChI is InChI=1S/C29H30O3SSi/c1-23-18-24(2)29(28(19-23)33(30,31)32)34(20-25-12-6-3-7-13-25,21-26-14-8-4-9-15-26)22-27-16-10-5-11-17-27/h3-19H,20-22H2,1-2H3,(H,30,31,32). The van der Waals surface area contributed by atoms with Gasteiger partial charge in [0.1, 0.15) is 8.07 Å². The minimum absolute atomic E-state index is 0.0689. The van der Waals surface area contributed by atoms with Crippen LogP contribution < -0.4 is 5.19 Å². The molecule has 0 radical (unpaired) electrons. The zero-order valence-corrected chi connectivity index (χ0v) is 21.4. The van der Waals surface area contributed by atoms with Crippen molar-refractivity contribution < 1.29 is 13.0 Å². The number of aryl methyl sites for hydroxylation is 2. The van der Waals surface area contributed by atoms with Crippen LogP contribution in [0.4, 0.5) is 0 Å². The summed E-state index contributed by atoms with van der Waals surface area (Å²) >= 11 is 0. The summed E-state index contributed by atoms with van der Waals surface area (Å²) < 4.78 is 35.9. The molecule has 1 N–H and O–H groups in total. The second-order valence-electron chi connectivity index (χ2n) is 9.20. The highest BCUT2D eigenvalue weighted by Crippen LogP contribution is 2.27. The van der Waals surface area contributed by atoms with Crippen LogP contribution in [0.5, 0.6) is 0 Å². The second kappa shape index (κ2) is 10.1. The van der Waals surface area contributed by atoms with E-state index >= 15 is 0 Å². The molecule has 0 aliphatic rings. The minimum atomic E-state index is -4.40. The van der Waals surface area contributed by atoms with Crippen molar-refractivity contribution in [1.29, 1.82) is 0 Å². The monoisotopic (exact) mass is 486 g/mol. The molecule has 3 nitrogen and oxygen atoms in total. The van der Waals surface area contributed by atoms with Crippen LogP contribution in [0, 0.1) is 13.8 Å². The molecule has 0 unspecified atom stereocenters. The molecule has 0 bridgehead atoms. The molecule has 0 aromatic heterocycles. The van der Waals surface area contributed by atoms with Gasteiger partial charge in [0.15, 0.2) is 0 Å². The lowest BCUT2D eigenvalue weighted by Crippen LogP contribution is -2.58. The van der Waals surface area contributed by atoms with Gasteiger partial charge in [0.25, 0.3) is 10.1 Å². The van der Waals surface area contributed by atoms with Crippen LogP contribution in [0.25, 0.3) is 0 Å². The molecule has 174 valence electrons. The van der Waals surface area contributed by atoms with Gasteiger partial charge in [0, 0.05) is 0 Å². The van der Waals surface area contributed by atoms with E-state index in [1.165, 1.54) is 16.7 Å². The lowest BCUT2D eigenvalue weighted by atomic mass is 10.1. The van der Waals surface area contributed by atoms with Crippen LogP contribution in [0.1, 0.15) is 27.8 Å². The van der Waals surface area contributed by atoms with E-state index in [9.17, 15) is 13.0 Å². The summed E-state index contributed by atoms with van der Waals surface area (Å²) in [7, 11) is -7.06. The Bertz CT molecular complexity index is 1250. The Morgan fingerprint density at radius 1 is 0.647 bits per heavy atom. The topological polar surface area (TPSA) is 54.4 Å². The minimum Gasteiger partial charge on any atom is -0.282 e. The average molecular weight is 487 g/mol. The molecule has 0 aliphatic heterocycles. The van der Waals surface area contributed by atoms with Crippen LogP contribution in [-0.2, 0) is 28.3 Å². The highest BCUT2D eigenvalue weighted by atomic mass is 32.2. The first kappa shape index (κ1) is 24.1. The van der Waals surface area contributed by atoms with Gasteiger partial charge in [-0.15, -0.1) is 0 Å². The highest BCUT2D eigenvalue weighted by Gasteiger charge is 2.41. The fourth-order valence-electron chi connectivity index (χ4n) is 5.22. The van der Waals surface area contributed by atoms with Gasteiger partial charge in [0.2, 0.25) is 0 Å². The van der Waals surface area contributed by atoms with E-state index in [1.807, 2.05) is 74.5 Å². The molecule has 0 atom stereocenters. The molecule has 4 aromatic rings. The molecule has 0 aliphatic carbocycles. The molecule has 4 aromatic carbocycles. The van der Waals surface area contributed by atoms with Crippen molar-refractivity contribution in [3.05, 3.63) is 131 Å². The van der Waals surface area contributed by atoms with Gasteiger partial charge >= 0.3 is 0 Å². The zero-order valence-electron chi connectivity index (χ0n) is 19.6. The molecular formula is C29H30O3SSi. The third-order valence-corrected chi connectivity index (χ3v) is 12.4. The lowest BCUT2D eigenvalue weighted by Gasteiger charge is -2.36. The molecule has 0 heterocycles. The van der Waals surface area contributed by atoms with Crippen molar-refractivity contribution in [2.45, 2.75) is 36.9 Å². The first-order valence-corrected chi connectivity index (χ1v) is 15.5. The molecule has 0 spiro atoms. The van der Waals surface area contributed by atoms with Gasteiger partial charge in [-0.1, -0.05) is 119 Å². The first-order valence-electron chi connectivity index (χ1n) is 11.5. The number of hydrogen-bond acceptors (Lipinski definition) is 2. The van der Waals surface area contributed by atoms with E-state index < -0.39 is 18.2 Å². The number of hydrogen-bond donors (Lipinski definition) is 1. The van der Waals surface area contributed by atoms with Gasteiger partial charge in [-0.3, -0.25) is 4.55 Å². The average Bonchev–Trinajstić information content (AvgIpc) is 2.80. The fourth-order valence-corrected chi connectivity index (χ4v) is 12.5. The quantitative estimate of drug-likeness (QED) is 0.262. The molecule has 5 heteroatoms. The van der Waals surface area contributed by atoms with Crippen molar-refractivity contribution in [3.8, 4) is 0 Å². The number of rotatable bonds is 8. The molecule has 0 saturated heterocycles. The largest absolute Gasteiger partial charge is 0.294 e. The smallest absolute Gasteiger partial charge is 0.282 e. The van der Waals surface area contributed by atoms with Gasteiger partial charge in [-0.2, -0.15) is 8.42 Å². The van der Waals surface area contributed by atoms with Crippen LogP contribution in [0.2, 0.25) is 0 Å². The SMILES string of the molecule is Cc1cc(C)c([Si](Cc2ccccc2)(Cc2ccccc2)Cc2ccccc2)c(S(=O)(=O)O)c1. The van der Waals surface area contributed by atoms with Crippen molar-refractivity contribution in [2.75, 3.05) is 0 Å². The van der Waals surface area contributed by atoms with E-state index in [2.05, 4.69) is 36.4 Å². The Morgan fingerprint density at radius 2 is 1.03 bits per heavy atom. The predicted octanol–water partition coefficient (Wildman–Crippen LogP) is 5.55. The molecule has 4 rings (SSSR count). The molecular weight excluding hydrogens is 456 g/mol. The Labute approximate surface area is 203 Å². The zero-order chi connectivity index (χ0) is 24.2. The fraction of sp³-hybridized carbons (Fsp3) is 0.172. The van der Waals surface area contributed by atoms with E-state index in [1.54, 1.807) is 6.07 Å². The van der Waals surface area contributed by atoms with E-state index in [0.29, 0.717) is 0 Å². The maximum absolute atomic E-state index is 12.7. The van der Waals surface area contributed by atoms with Gasteiger partial charge in [0.05, 0.1) is 4.90 Å². The summed E-state index contributed by atoms with van der Waals surface area (Å²) in [5, 5.41) is 0.831. The summed E-state index contributed by atoms with van der Waals surface area (Å²) in [6.45, 7) is 3.86. The van der Waals surface area contributed by atoms with Crippen LogP contribution >= 0.6 is 0 Å². The third-order valence-electron chi connectivity index (χ3n) is 6.41. The van der Waals surface area contributed by atoms with E-state index in [-0.39, 0.29) is 4.90 Å². The Morgan fingerprint density at radius 3 is 1.38 bits per heavy atom. The normalized spacial score (nSPS) is 12.0. The molecule has 0 fully saturated rings. The Kier molecular flexibility index (Phi) is 7.17. The van der Waals surface area contributed by atoms with Crippen molar-refractivity contribution in [1.82, 2.24) is 0 Å². The summed E-state index contributed by atoms with van der Waals surface area (Å²) in [6.07, 6.45) is 0. The van der Waals surface area contributed by atoms with Gasteiger partial charge < -0.3 is 0 Å². The maximum Gasteiger partial charge on any atom is 0.294 e. The molecule has 0 amide bonds. The van der Waals surface area contributed by atoms with Gasteiger partial charge in [-0.25, -0.2) is 0 Å². The van der Waals surface area contributed by atoms with E-state index in [0.717, 1.165) is 34.4 Å². The first-order chi connectivity index (χ1) is 16.3. The van der Waals surface area contributed by atoms with Crippen LogP contribution in [0.15, 0.2) is 108 Å². The van der Waals surface area contributed by atoms with Crippen LogP contribution in [-0.4, -0.2) is 21.0 Å². The highest BCUT2D eigenvalue weighted by molar-refractivity contribution is 7.86. The summed E-state index contributed by atoms with van der Waals surface area (Å²) in [5.41, 5.74) is 5.31. The van der Waals surface area contributed by atoms with Gasteiger partial charge in [-0.05, 0) is 48.8 Å². The summed E-state index contributed by atoms with van der Waals surface area (Å²) in [5.74, 6) is 0. The van der Waals surface area contributed by atoms with Crippen molar-refractivity contribution in [2.24, 2.45) is 0 Å². The Balaban J connectivity index is 2.03. The predicted molar refractivity (Wildman–Crippen MR) is 142 cm³/mol. The molecule has 0 saturated carbocycles. The second-order valence-corrected chi connectivity index (χ2v) is 14.7. The van der Waals surface area contributed by atoms with E-state index in [4.69, 9.17) is 0 Å². The Hall–Kier alpha value is -2.99. The summed E-state index contributed by atoms with van der Waals surface area (Å²) in [4.78, 5) is 0.0689. The van der Waals surface area contributed by atoms with Crippen molar-refractivity contribution >= 4 is 23.4 Å². The maximum atomic E-state index is 12.7. The third kappa shape index (κ3) is 5.55.